The summed E-state index contributed by atoms with van der Waals surface area (Å²) in [6, 6.07) is 0.732. The number of nitrogens with zero attached hydrogens (tertiary/aromatic N) is 3. The van der Waals surface area contributed by atoms with Crippen LogP contribution in [-0.4, -0.2) is 72.1 Å². The number of hydrogen-bond donors (Lipinski definition) is 0. The van der Waals surface area contributed by atoms with Crippen molar-refractivity contribution in [3.05, 3.63) is 0 Å². The van der Waals surface area contributed by atoms with Gasteiger partial charge in [0, 0.05) is 44.3 Å². The topological polar surface area (TPSA) is 9.72 Å². The van der Waals surface area contributed by atoms with E-state index in [0.717, 1.165) is 17.9 Å². The number of hydrogen-bond acceptors (Lipinski definition) is 3. The van der Waals surface area contributed by atoms with Crippen LogP contribution >= 0.6 is 0 Å². The SMILES string of the molecule is CC1CC(C)(N2CCN(CC3CCN(C(C)C)CC3)CC2)C1. The van der Waals surface area contributed by atoms with Gasteiger partial charge in [-0.1, -0.05) is 6.92 Å². The molecule has 0 bridgehead atoms. The average Bonchev–Trinajstić information content (AvgIpc) is 2.47. The van der Waals surface area contributed by atoms with Crippen molar-refractivity contribution in [2.24, 2.45) is 11.8 Å². The molecule has 3 rings (SSSR count). The molecule has 1 saturated carbocycles. The van der Waals surface area contributed by atoms with E-state index in [9.17, 15) is 0 Å². The Morgan fingerprint density at radius 2 is 1.55 bits per heavy atom. The summed E-state index contributed by atoms with van der Waals surface area (Å²) >= 11 is 0. The van der Waals surface area contributed by atoms with Crippen LogP contribution in [0.15, 0.2) is 0 Å². The molecule has 3 heteroatoms. The molecule has 0 unspecified atom stereocenters. The molecule has 0 atom stereocenters. The summed E-state index contributed by atoms with van der Waals surface area (Å²) in [7, 11) is 0. The van der Waals surface area contributed by atoms with E-state index >= 15 is 0 Å². The molecule has 2 heterocycles. The van der Waals surface area contributed by atoms with Gasteiger partial charge in [0.05, 0.1) is 0 Å². The average molecular weight is 308 g/mol. The Bertz CT molecular complexity index is 346. The van der Waals surface area contributed by atoms with Gasteiger partial charge in [0.1, 0.15) is 0 Å². The van der Waals surface area contributed by atoms with Crippen LogP contribution in [0.3, 0.4) is 0 Å². The van der Waals surface area contributed by atoms with Gasteiger partial charge >= 0.3 is 0 Å². The molecule has 0 aromatic heterocycles. The first-order chi connectivity index (χ1) is 10.5. The third-order valence-corrected chi connectivity index (χ3v) is 6.61. The minimum atomic E-state index is 0.536. The van der Waals surface area contributed by atoms with Gasteiger partial charge in [-0.25, -0.2) is 0 Å². The van der Waals surface area contributed by atoms with Crippen LogP contribution in [0.5, 0.6) is 0 Å². The highest BCUT2D eigenvalue weighted by atomic mass is 15.3. The predicted molar refractivity (Wildman–Crippen MR) is 94.2 cm³/mol. The minimum Gasteiger partial charge on any atom is -0.301 e. The summed E-state index contributed by atoms with van der Waals surface area (Å²) in [4.78, 5) is 8.18. The highest BCUT2D eigenvalue weighted by Gasteiger charge is 2.43. The van der Waals surface area contributed by atoms with Crippen LogP contribution in [0.1, 0.15) is 53.4 Å². The molecule has 2 saturated heterocycles. The third kappa shape index (κ3) is 3.68. The molecule has 1 aliphatic carbocycles. The Balaban J connectivity index is 1.38. The van der Waals surface area contributed by atoms with Crippen LogP contribution in [0.4, 0.5) is 0 Å². The summed E-state index contributed by atoms with van der Waals surface area (Å²) < 4.78 is 0. The fourth-order valence-corrected chi connectivity index (χ4v) is 5.19. The zero-order valence-corrected chi connectivity index (χ0v) is 15.4. The van der Waals surface area contributed by atoms with Crippen molar-refractivity contribution in [3.63, 3.8) is 0 Å². The highest BCUT2D eigenvalue weighted by Crippen LogP contribution is 2.42. The first-order valence-corrected chi connectivity index (χ1v) is 9.68. The first kappa shape index (κ1) is 16.7. The van der Waals surface area contributed by atoms with Gasteiger partial charge in [-0.05, 0) is 71.4 Å². The van der Waals surface area contributed by atoms with Crippen LogP contribution in [-0.2, 0) is 0 Å². The molecule has 22 heavy (non-hydrogen) atoms. The number of piperazine rings is 1. The molecule has 0 radical (unpaired) electrons. The zero-order valence-electron chi connectivity index (χ0n) is 15.4. The zero-order chi connectivity index (χ0) is 15.7. The Labute approximate surface area is 138 Å². The Morgan fingerprint density at radius 3 is 2.05 bits per heavy atom. The highest BCUT2D eigenvalue weighted by molar-refractivity contribution is 4.99. The van der Waals surface area contributed by atoms with Crippen molar-refractivity contribution < 1.29 is 0 Å². The molecule has 3 aliphatic rings. The van der Waals surface area contributed by atoms with Crippen LogP contribution in [0.2, 0.25) is 0 Å². The van der Waals surface area contributed by atoms with E-state index in [2.05, 4.69) is 42.4 Å². The third-order valence-electron chi connectivity index (χ3n) is 6.61. The van der Waals surface area contributed by atoms with Gasteiger partial charge < -0.3 is 9.80 Å². The number of likely N-dealkylation sites (tertiary alicyclic amines) is 1. The second-order valence-corrected chi connectivity index (χ2v) is 8.87. The molecule has 3 nitrogen and oxygen atoms in total. The second kappa shape index (κ2) is 6.78. The molecule has 128 valence electrons. The summed E-state index contributed by atoms with van der Waals surface area (Å²) in [5, 5.41) is 0. The lowest BCUT2D eigenvalue weighted by molar-refractivity contribution is -0.0365. The maximum atomic E-state index is 2.78. The van der Waals surface area contributed by atoms with Crippen LogP contribution in [0, 0.1) is 11.8 Å². The van der Waals surface area contributed by atoms with Crippen molar-refractivity contribution in [1.29, 1.82) is 0 Å². The van der Waals surface area contributed by atoms with E-state index in [-0.39, 0.29) is 0 Å². The predicted octanol–water partition coefficient (Wildman–Crippen LogP) is 2.91. The van der Waals surface area contributed by atoms with Crippen molar-refractivity contribution in [2.75, 3.05) is 45.8 Å². The van der Waals surface area contributed by atoms with Gasteiger partial charge in [-0.2, -0.15) is 0 Å². The minimum absolute atomic E-state index is 0.536. The van der Waals surface area contributed by atoms with Gasteiger partial charge in [0.2, 0.25) is 0 Å². The summed E-state index contributed by atoms with van der Waals surface area (Å²) in [5.74, 6) is 1.90. The molecular weight excluding hydrogens is 270 g/mol. The molecule has 0 aromatic rings. The van der Waals surface area contributed by atoms with E-state index in [1.165, 1.54) is 71.5 Å². The van der Waals surface area contributed by atoms with E-state index in [0.29, 0.717) is 5.54 Å². The molecule has 0 spiro atoms. The fourth-order valence-electron chi connectivity index (χ4n) is 5.19. The van der Waals surface area contributed by atoms with E-state index in [4.69, 9.17) is 0 Å². The lowest BCUT2D eigenvalue weighted by Crippen LogP contribution is -2.61. The Kier molecular flexibility index (Phi) is 5.16. The first-order valence-electron chi connectivity index (χ1n) is 9.68. The Morgan fingerprint density at radius 1 is 0.955 bits per heavy atom. The quantitative estimate of drug-likeness (QED) is 0.791. The summed E-state index contributed by atoms with van der Waals surface area (Å²) in [5.41, 5.74) is 0.536. The van der Waals surface area contributed by atoms with Gasteiger partial charge in [0.15, 0.2) is 0 Å². The van der Waals surface area contributed by atoms with E-state index in [1.807, 2.05) is 0 Å². The lowest BCUT2D eigenvalue weighted by atomic mass is 9.69. The fraction of sp³-hybridized carbons (Fsp3) is 1.00. The van der Waals surface area contributed by atoms with Crippen molar-refractivity contribution in [1.82, 2.24) is 14.7 Å². The molecule has 0 aromatic carbocycles. The van der Waals surface area contributed by atoms with Gasteiger partial charge in [-0.15, -0.1) is 0 Å². The molecule has 3 fully saturated rings. The van der Waals surface area contributed by atoms with Gasteiger partial charge in [0.25, 0.3) is 0 Å². The van der Waals surface area contributed by atoms with E-state index < -0.39 is 0 Å². The molecule has 2 aliphatic heterocycles. The normalized spacial score (nSPS) is 36.7. The number of piperidine rings is 1. The second-order valence-electron chi connectivity index (χ2n) is 8.87. The van der Waals surface area contributed by atoms with Crippen LogP contribution < -0.4 is 0 Å². The van der Waals surface area contributed by atoms with Crippen molar-refractivity contribution in [2.45, 2.75) is 65.0 Å². The molecule has 0 amide bonds. The maximum Gasteiger partial charge on any atom is 0.0187 e. The smallest absolute Gasteiger partial charge is 0.0187 e. The Hall–Kier alpha value is -0.120. The monoisotopic (exact) mass is 307 g/mol. The maximum absolute atomic E-state index is 2.78. The van der Waals surface area contributed by atoms with E-state index in [1.54, 1.807) is 0 Å². The largest absolute Gasteiger partial charge is 0.301 e. The molecular formula is C19H37N3. The van der Waals surface area contributed by atoms with Crippen LogP contribution in [0.25, 0.3) is 0 Å². The summed E-state index contributed by atoms with van der Waals surface area (Å²) in [6.45, 7) is 18.8. The lowest BCUT2D eigenvalue weighted by Gasteiger charge is -2.54. The molecule has 0 N–H and O–H groups in total. The van der Waals surface area contributed by atoms with Crippen molar-refractivity contribution >= 4 is 0 Å². The number of rotatable bonds is 4. The summed E-state index contributed by atoms with van der Waals surface area (Å²) in [6.07, 6.45) is 5.66. The van der Waals surface area contributed by atoms with Crippen molar-refractivity contribution in [3.8, 4) is 0 Å². The standard InChI is InChI=1S/C19H37N3/c1-16(2)21-7-5-18(6-8-21)15-20-9-11-22(12-10-20)19(4)13-17(3)14-19/h16-18H,5-15H2,1-4H3. The van der Waals surface area contributed by atoms with Gasteiger partial charge in [-0.3, -0.25) is 4.90 Å².